The standard InChI is InChI=1S/C25H25ClN2O4S/c1-18-7-8-21(15-24(18)33(30,31)27-16-19-5-3-2-4-6-19)25(29)28-13-14-32-23(17-28)20-9-11-22(26)12-10-20/h2-12,15,23,27H,13-14,16-17H2,1H3. The fourth-order valence-corrected chi connectivity index (χ4v) is 5.18. The van der Waals surface area contributed by atoms with Crippen LogP contribution in [0.4, 0.5) is 0 Å². The molecule has 33 heavy (non-hydrogen) atoms. The maximum Gasteiger partial charge on any atom is 0.254 e. The molecule has 1 saturated heterocycles. The quantitative estimate of drug-likeness (QED) is 0.564. The van der Waals surface area contributed by atoms with Crippen molar-refractivity contribution >= 4 is 27.5 Å². The zero-order chi connectivity index (χ0) is 23.4. The first kappa shape index (κ1) is 23.4. The van der Waals surface area contributed by atoms with Gasteiger partial charge in [0.15, 0.2) is 0 Å². The number of aryl methyl sites for hydroxylation is 1. The van der Waals surface area contributed by atoms with E-state index in [1.807, 2.05) is 42.5 Å². The molecule has 1 unspecified atom stereocenters. The Kier molecular flexibility index (Phi) is 7.14. The highest BCUT2D eigenvalue weighted by atomic mass is 35.5. The number of carbonyl (C=O) groups is 1. The van der Waals surface area contributed by atoms with Crippen molar-refractivity contribution in [3.8, 4) is 0 Å². The first-order valence-corrected chi connectivity index (χ1v) is 12.5. The van der Waals surface area contributed by atoms with Crippen LogP contribution in [0.15, 0.2) is 77.7 Å². The minimum absolute atomic E-state index is 0.104. The van der Waals surface area contributed by atoms with E-state index in [0.29, 0.717) is 35.8 Å². The summed E-state index contributed by atoms with van der Waals surface area (Å²) in [4.78, 5) is 15.0. The van der Waals surface area contributed by atoms with E-state index in [0.717, 1.165) is 11.1 Å². The molecule has 1 aliphatic heterocycles. The minimum Gasteiger partial charge on any atom is -0.370 e. The van der Waals surface area contributed by atoms with Crippen LogP contribution in [0.1, 0.15) is 33.2 Å². The molecule has 1 heterocycles. The van der Waals surface area contributed by atoms with Gasteiger partial charge in [0.2, 0.25) is 10.0 Å². The van der Waals surface area contributed by atoms with Crippen LogP contribution >= 0.6 is 11.6 Å². The molecule has 1 fully saturated rings. The maximum absolute atomic E-state index is 13.2. The molecule has 0 aliphatic carbocycles. The first-order valence-electron chi connectivity index (χ1n) is 10.6. The largest absolute Gasteiger partial charge is 0.370 e. The summed E-state index contributed by atoms with van der Waals surface area (Å²) < 4.78 is 34.4. The van der Waals surface area contributed by atoms with Crippen molar-refractivity contribution in [1.29, 1.82) is 0 Å². The van der Waals surface area contributed by atoms with Gasteiger partial charge in [-0.1, -0.05) is 60.1 Å². The van der Waals surface area contributed by atoms with Crippen molar-refractivity contribution in [2.75, 3.05) is 19.7 Å². The monoisotopic (exact) mass is 484 g/mol. The van der Waals surface area contributed by atoms with E-state index in [1.165, 1.54) is 6.07 Å². The first-order chi connectivity index (χ1) is 15.8. The van der Waals surface area contributed by atoms with Crippen LogP contribution in [-0.2, 0) is 21.3 Å². The van der Waals surface area contributed by atoms with Crippen LogP contribution in [-0.4, -0.2) is 38.9 Å². The summed E-state index contributed by atoms with van der Waals surface area (Å²) in [6.07, 6.45) is -0.263. The molecule has 172 valence electrons. The van der Waals surface area contributed by atoms with Crippen LogP contribution in [0, 0.1) is 6.92 Å². The molecular weight excluding hydrogens is 460 g/mol. The molecular formula is C25H25ClN2O4S. The summed E-state index contributed by atoms with van der Waals surface area (Å²) in [5.41, 5.74) is 2.70. The van der Waals surface area contributed by atoms with E-state index in [9.17, 15) is 13.2 Å². The molecule has 8 heteroatoms. The number of sulfonamides is 1. The van der Waals surface area contributed by atoms with Crippen molar-refractivity contribution in [2.45, 2.75) is 24.5 Å². The number of hydrogen-bond acceptors (Lipinski definition) is 4. The number of nitrogens with one attached hydrogen (secondary N) is 1. The van der Waals surface area contributed by atoms with E-state index in [2.05, 4.69) is 4.72 Å². The lowest BCUT2D eigenvalue weighted by Crippen LogP contribution is -2.42. The van der Waals surface area contributed by atoms with Crippen LogP contribution in [0.25, 0.3) is 0 Å². The fourth-order valence-electron chi connectivity index (χ4n) is 3.77. The average molecular weight is 485 g/mol. The third-order valence-electron chi connectivity index (χ3n) is 5.63. The lowest BCUT2D eigenvalue weighted by Gasteiger charge is -2.33. The third-order valence-corrected chi connectivity index (χ3v) is 7.42. The smallest absolute Gasteiger partial charge is 0.254 e. The molecule has 6 nitrogen and oxygen atoms in total. The zero-order valence-corrected chi connectivity index (χ0v) is 19.8. The maximum atomic E-state index is 13.2. The summed E-state index contributed by atoms with van der Waals surface area (Å²) >= 11 is 5.97. The number of rotatable bonds is 6. The lowest BCUT2D eigenvalue weighted by molar-refractivity contribution is -0.0228. The molecule has 0 aromatic heterocycles. The molecule has 3 aromatic carbocycles. The fraction of sp³-hybridized carbons (Fsp3) is 0.240. The molecule has 3 aromatic rings. The highest BCUT2D eigenvalue weighted by Gasteiger charge is 2.27. The number of halogens is 1. The number of hydrogen-bond donors (Lipinski definition) is 1. The number of carbonyl (C=O) groups excluding carboxylic acids is 1. The van der Waals surface area contributed by atoms with E-state index in [1.54, 1.807) is 36.1 Å². The third kappa shape index (κ3) is 5.62. The van der Waals surface area contributed by atoms with Gasteiger partial charge in [0, 0.05) is 23.7 Å². The molecule has 1 atom stereocenters. The van der Waals surface area contributed by atoms with Gasteiger partial charge in [-0.3, -0.25) is 4.79 Å². The Labute approximate surface area is 199 Å². The molecule has 0 bridgehead atoms. The van der Waals surface area contributed by atoms with Crippen molar-refractivity contribution < 1.29 is 17.9 Å². The Morgan fingerprint density at radius 3 is 2.55 bits per heavy atom. The van der Waals surface area contributed by atoms with E-state index >= 15 is 0 Å². The summed E-state index contributed by atoms with van der Waals surface area (Å²) in [6.45, 7) is 3.10. The van der Waals surface area contributed by atoms with Gasteiger partial charge in [-0.15, -0.1) is 0 Å². The molecule has 0 radical (unpaired) electrons. The normalized spacial score (nSPS) is 16.5. The highest BCUT2D eigenvalue weighted by molar-refractivity contribution is 7.89. The Balaban J connectivity index is 1.51. The Morgan fingerprint density at radius 1 is 1.09 bits per heavy atom. The highest BCUT2D eigenvalue weighted by Crippen LogP contribution is 2.25. The number of ether oxygens (including phenoxy) is 1. The predicted molar refractivity (Wildman–Crippen MR) is 128 cm³/mol. The molecule has 1 N–H and O–H groups in total. The molecule has 1 amide bonds. The van der Waals surface area contributed by atoms with Crippen LogP contribution < -0.4 is 4.72 Å². The number of morpholine rings is 1. The number of nitrogens with zero attached hydrogens (tertiary/aromatic N) is 1. The molecule has 0 spiro atoms. The number of benzene rings is 3. The van der Waals surface area contributed by atoms with Crippen LogP contribution in [0.3, 0.4) is 0 Å². The predicted octanol–water partition coefficient (Wildman–Crippen LogP) is 4.34. The lowest BCUT2D eigenvalue weighted by atomic mass is 10.1. The van der Waals surface area contributed by atoms with Crippen molar-refractivity contribution in [3.63, 3.8) is 0 Å². The second kappa shape index (κ2) is 10.1. The molecule has 1 aliphatic rings. The Hall–Kier alpha value is -2.71. The second-order valence-corrected chi connectivity index (χ2v) is 10.1. The molecule has 4 rings (SSSR count). The van der Waals surface area contributed by atoms with Gasteiger partial charge in [0.25, 0.3) is 5.91 Å². The van der Waals surface area contributed by atoms with Crippen molar-refractivity contribution in [1.82, 2.24) is 9.62 Å². The van der Waals surface area contributed by atoms with Gasteiger partial charge in [-0.2, -0.15) is 0 Å². The van der Waals surface area contributed by atoms with Gasteiger partial charge >= 0.3 is 0 Å². The SMILES string of the molecule is Cc1ccc(C(=O)N2CCOC(c3ccc(Cl)cc3)C2)cc1S(=O)(=O)NCc1ccccc1. The van der Waals surface area contributed by atoms with Gasteiger partial charge in [-0.25, -0.2) is 13.1 Å². The second-order valence-electron chi connectivity index (χ2n) is 7.95. The average Bonchev–Trinajstić information content (AvgIpc) is 2.84. The van der Waals surface area contributed by atoms with Crippen molar-refractivity contribution in [3.05, 3.63) is 100 Å². The topological polar surface area (TPSA) is 75.7 Å². The van der Waals surface area contributed by atoms with Gasteiger partial charge in [0.1, 0.15) is 6.10 Å². The minimum atomic E-state index is -3.79. The van der Waals surface area contributed by atoms with Crippen LogP contribution in [0.5, 0.6) is 0 Å². The summed E-state index contributed by atoms with van der Waals surface area (Å²) in [5, 5.41) is 0.636. The van der Waals surface area contributed by atoms with Crippen molar-refractivity contribution in [2.24, 2.45) is 0 Å². The zero-order valence-electron chi connectivity index (χ0n) is 18.2. The number of amides is 1. The molecule has 0 saturated carbocycles. The van der Waals surface area contributed by atoms with Gasteiger partial charge in [-0.05, 0) is 47.9 Å². The van der Waals surface area contributed by atoms with E-state index in [-0.39, 0.29) is 23.5 Å². The Bertz CT molecular complexity index is 1230. The van der Waals surface area contributed by atoms with E-state index < -0.39 is 10.0 Å². The van der Waals surface area contributed by atoms with Gasteiger partial charge in [0.05, 0.1) is 18.0 Å². The van der Waals surface area contributed by atoms with E-state index in [4.69, 9.17) is 16.3 Å². The summed E-state index contributed by atoms with van der Waals surface area (Å²) in [6, 6.07) is 21.4. The summed E-state index contributed by atoms with van der Waals surface area (Å²) in [7, 11) is -3.79. The summed E-state index contributed by atoms with van der Waals surface area (Å²) in [5.74, 6) is -0.225. The van der Waals surface area contributed by atoms with Crippen LogP contribution in [0.2, 0.25) is 5.02 Å². The Morgan fingerprint density at radius 2 is 1.82 bits per heavy atom. The van der Waals surface area contributed by atoms with Gasteiger partial charge < -0.3 is 9.64 Å².